The molecule has 9 heavy (non-hydrogen) atoms. The molecule has 0 saturated heterocycles. The molecule has 0 radical (unpaired) electrons. The van der Waals surface area contributed by atoms with Crippen molar-refractivity contribution in [1.29, 1.82) is 0 Å². The largest absolute Gasteiger partial charge is 0.381 e. The monoisotopic (exact) mass is 124 g/mol. The fraction of sp³-hybridized carbons (Fsp3) is 0.500. The van der Waals surface area contributed by atoms with E-state index in [1.807, 2.05) is 19.1 Å². The van der Waals surface area contributed by atoms with Gasteiger partial charge >= 0.3 is 0 Å². The summed E-state index contributed by atoms with van der Waals surface area (Å²) in [6.45, 7) is 2.52. The molecule has 0 unspecified atom stereocenters. The number of hydrogen-bond acceptors (Lipinski definition) is 1. The van der Waals surface area contributed by atoms with Crippen molar-refractivity contribution in [2.75, 3.05) is 13.7 Å². The van der Waals surface area contributed by atoms with Crippen LogP contribution in [0.1, 0.15) is 13.3 Å². The van der Waals surface area contributed by atoms with Crippen LogP contribution < -0.4 is 0 Å². The molecule has 1 heteroatoms. The lowest BCUT2D eigenvalue weighted by Crippen LogP contribution is -1.79. The second-order valence-corrected chi connectivity index (χ2v) is 1.56. The molecule has 50 valence electrons. The number of rotatable bonds is 3. The van der Waals surface area contributed by atoms with Crippen LogP contribution in [0.2, 0.25) is 0 Å². The molecule has 0 heterocycles. The van der Waals surface area contributed by atoms with Crippen LogP contribution >= 0.6 is 0 Å². The van der Waals surface area contributed by atoms with Crippen molar-refractivity contribution in [1.82, 2.24) is 0 Å². The van der Waals surface area contributed by atoms with Crippen molar-refractivity contribution in [3.8, 4) is 11.8 Å². The molecule has 0 bridgehead atoms. The highest BCUT2D eigenvalue weighted by Crippen LogP contribution is 1.79. The van der Waals surface area contributed by atoms with Crippen LogP contribution in [0.5, 0.6) is 0 Å². The van der Waals surface area contributed by atoms with Gasteiger partial charge in [-0.25, -0.2) is 0 Å². The van der Waals surface area contributed by atoms with Crippen LogP contribution in [0.25, 0.3) is 0 Å². The Morgan fingerprint density at radius 3 is 2.78 bits per heavy atom. The maximum absolute atomic E-state index is 4.79. The summed E-state index contributed by atoms with van der Waals surface area (Å²) in [5, 5.41) is 0. The van der Waals surface area contributed by atoms with Gasteiger partial charge in [-0.2, -0.15) is 0 Å². The van der Waals surface area contributed by atoms with E-state index >= 15 is 0 Å². The third kappa shape index (κ3) is 7.26. The fourth-order valence-electron chi connectivity index (χ4n) is 0.409. The summed E-state index contributed by atoms with van der Waals surface area (Å²) in [5.41, 5.74) is 0. The number of allylic oxidation sites excluding steroid dienone is 1. The van der Waals surface area contributed by atoms with Crippen molar-refractivity contribution in [2.24, 2.45) is 0 Å². The van der Waals surface area contributed by atoms with Crippen molar-refractivity contribution >= 4 is 0 Å². The van der Waals surface area contributed by atoms with E-state index in [0.717, 1.165) is 6.42 Å². The SMILES string of the molecule is CC#CCC=CCOC. The second-order valence-electron chi connectivity index (χ2n) is 1.56. The Hall–Kier alpha value is -0.740. The van der Waals surface area contributed by atoms with Crippen LogP contribution in [-0.2, 0) is 4.74 Å². The Balaban J connectivity index is 3.11. The predicted octanol–water partition coefficient (Wildman–Crippen LogP) is 1.60. The smallest absolute Gasteiger partial charge is 0.0643 e. The summed E-state index contributed by atoms with van der Waals surface area (Å²) in [6, 6.07) is 0. The van der Waals surface area contributed by atoms with Gasteiger partial charge in [0.1, 0.15) is 0 Å². The molecule has 0 aliphatic heterocycles. The molecule has 0 amide bonds. The van der Waals surface area contributed by atoms with Gasteiger partial charge in [-0.05, 0) is 6.92 Å². The quantitative estimate of drug-likeness (QED) is 0.410. The van der Waals surface area contributed by atoms with Crippen LogP contribution in [0.4, 0.5) is 0 Å². The van der Waals surface area contributed by atoms with E-state index < -0.39 is 0 Å². The molecule has 0 aromatic rings. The van der Waals surface area contributed by atoms with Gasteiger partial charge < -0.3 is 4.74 Å². The van der Waals surface area contributed by atoms with Gasteiger partial charge in [0.05, 0.1) is 6.61 Å². The highest BCUT2D eigenvalue weighted by atomic mass is 16.5. The average molecular weight is 124 g/mol. The van der Waals surface area contributed by atoms with Gasteiger partial charge in [0.25, 0.3) is 0 Å². The molecule has 1 nitrogen and oxygen atoms in total. The molecule has 0 saturated carbocycles. The molecule has 0 aliphatic carbocycles. The van der Waals surface area contributed by atoms with E-state index in [9.17, 15) is 0 Å². The summed E-state index contributed by atoms with van der Waals surface area (Å²) >= 11 is 0. The van der Waals surface area contributed by atoms with Crippen LogP contribution in [0, 0.1) is 11.8 Å². The summed E-state index contributed by atoms with van der Waals surface area (Å²) in [7, 11) is 1.68. The average Bonchev–Trinajstić information content (AvgIpc) is 1.89. The Kier molecular flexibility index (Phi) is 6.66. The molecular formula is C8H12O. The molecule has 0 atom stereocenters. The summed E-state index contributed by atoms with van der Waals surface area (Å²) < 4.78 is 4.79. The summed E-state index contributed by atoms with van der Waals surface area (Å²) in [5.74, 6) is 5.72. The number of ether oxygens (including phenoxy) is 1. The van der Waals surface area contributed by atoms with Gasteiger partial charge in [0, 0.05) is 13.5 Å². The number of methoxy groups -OCH3 is 1. The first kappa shape index (κ1) is 8.26. The first-order valence-corrected chi connectivity index (χ1v) is 2.95. The minimum atomic E-state index is 0.686. The highest BCUT2D eigenvalue weighted by molar-refractivity contribution is 5.02. The molecule has 0 fully saturated rings. The Labute approximate surface area is 56.7 Å². The van der Waals surface area contributed by atoms with E-state index in [4.69, 9.17) is 4.74 Å². The minimum absolute atomic E-state index is 0.686. The van der Waals surface area contributed by atoms with Crippen molar-refractivity contribution < 1.29 is 4.74 Å². The maximum Gasteiger partial charge on any atom is 0.0643 e. The van der Waals surface area contributed by atoms with E-state index in [1.54, 1.807) is 7.11 Å². The molecule has 0 aromatic carbocycles. The number of hydrogen-bond donors (Lipinski definition) is 0. The van der Waals surface area contributed by atoms with E-state index in [-0.39, 0.29) is 0 Å². The van der Waals surface area contributed by atoms with Gasteiger partial charge in [-0.15, -0.1) is 5.92 Å². The van der Waals surface area contributed by atoms with Gasteiger partial charge in [0.2, 0.25) is 0 Å². The summed E-state index contributed by atoms with van der Waals surface area (Å²) in [6.07, 6.45) is 4.80. The van der Waals surface area contributed by atoms with Gasteiger partial charge in [-0.3, -0.25) is 0 Å². The van der Waals surface area contributed by atoms with Crippen molar-refractivity contribution in [2.45, 2.75) is 13.3 Å². The Morgan fingerprint density at radius 1 is 1.44 bits per heavy atom. The van der Waals surface area contributed by atoms with Crippen molar-refractivity contribution in [3.63, 3.8) is 0 Å². The maximum atomic E-state index is 4.79. The Bertz CT molecular complexity index is 125. The first-order chi connectivity index (χ1) is 4.41. The fourth-order valence-corrected chi connectivity index (χ4v) is 0.409. The molecular weight excluding hydrogens is 112 g/mol. The van der Waals surface area contributed by atoms with Gasteiger partial charge in [0.15, 0.2) is 0 Å². The zero-order valence-electron chi connectivity index (χ0n) is 5.98. The van der Waals surface area contributed by atoms with Crippen LogP contribution in [0.15, 0.2) is 12.2 Å². The van der Waals surface area contributed by atoms with E-state index in [1.165, 1.54) is 0 Å². The lowest BCUT2D eigenvalue weighted by Gasteiger charge is -1.84. The zero-order chi connectivity index (χ0) is 6.95. The normalized spacial score (nSPS) is 9.11. The standard InChI is InChI=1S/C8H12O/c1-3-4-5-6-7-8-9-2/h6-7H,5,8H2,1-2H3. The lowest BCUT2D eigenvalue weighted by atomic mass is 10.4. The van der Waals surface area contributed by atoms with Gasteiger partial charge in [-0.1, -0.05) is 18.1 Å². The zero-order valence-corrected chi connectivity index (χ0v) is 5.98. The highest BCUT2D eigenvalue weighted by Gasteiger charge is 1.69. The lowest BCUT2D eigenvalue weighted by molar-refractivity contribution is 0.233. The van der Waals surface area contributed by atoms with E-state index in [2.05, 4.69) is 11.8 Å². The molecule has 0 aromatic heterocycles. The third-order valence-corrected chi connectivity index (χ3v) is 0.826. The topological polar surface area (TPSA) is 9.23 Å². The van der Waals surface area contributed by atoms with Crippen LogP contribution in [0.3, 0.4) is 0 Å². The minimum Gasteiger partial charge on any atom is -0.381 e. The summed E-state index contributed by atoms with van der Waals surface area (Å²) in [4.78, 5) is 0. The first-order valence-electron chi connectivity index (χ1n) is 2.95. The van der Waals surface area contributed by atoms with E-state index in [0.29, 0.717) is 6.61 Å². The van der Waals surface area contributed by atoms with Crippen molar-refractivity contribution in [3.05, 3.63) is 12.2 Å². The second kappa shape index (κ2) is 7.26. The van der Waals surface area contributed by atoms with Crippen LogP contribution in [-0.4, -0.2) is 13.7 Å². The Morgan fingerprint density at radius 2 is 2.22 bits per heavy atom. The third-order valence-electron chi connectivity index (χ3n) is 0.826. The molecule has 0 rings (SSSR count). The molecule has 0 spiro atoms. The predicted molar refractivity (Wildman–Crippen MR) is 39.1 cm³/mol. The molecule has 0 aliphatic rings. The molecule has 0 N–H and O–H groups in total.